The molecule has 0 bridgehead atoms. The van der Waals surface area contributed by atoms with Crippen LogP contribution in [0.25, 0.3) is 0 Å². The highest BCUT2D eigenvalue weighted by Crippen LogP contribution is 2.25. The molecular formula is C15H14N2O4. The van der Waals surface area contributed by atoms with Crippen LogP contribution in [0.4, 0.5) is 5.69 Å². The number of anilines is 1. The Labute approximate surface area is 122 Å². The van der Waals surface area contributed by atoms with Crippen LogP contribution in [0.5, 0.6) is 0 Å². The highest BCUT2D eigenvalue weighted by atomic mass is 16.7. The molecule has 1 heterocycles. The maximum Gasteiger partial charge on any atom is 0.351 e. The molecule has 2 rings (SSSR count). The molecule has 0 spiro atoms. The largest absolute Gasteiger partial charge is 0.419 e. The van der Waals surface area contributed by atoms with Crippen LogP contribution >= 0.6 is 0 Å². The van der Waals surface area contributed by atoms with E-state index in [4.69, 9.17) is 9.47 Å². The minimum Gasteiger partial charge on any atom is -0.419 e. The van der Waals surface area contributed by atoms with Crippen LogP contribution in [-0.4, -0.2) is 17.7 Å². The Hall–Kier alpha value is -2.81. The molecule has 1 aromatic carbocycles. The fourth-order valence-electron chi connectivity index (χ4n) is 1.85. The van der Waals surface area contributed by atoms with Crippen molar-refractivity contribution in [2.45, 2.75) is 26.6 Å². The summed E-state index contributed by atoms with van der Waals surface area (Å²) in [4.78, 5) is 23.8. The number of rotatable bonds is 2. The third-order valence-corrected chi connectivity index (χ3v) is 2.85. The predicted octanol–water partition coefficient (Wildman–Crippen LogP) is 2.02. The van der Waals surface area contributed by atoms with Crippen LogP contribution in [0.3, 0.4) is 0 Å². The van der Waals surface area contributed by atoms with Gasteiger partial charge in [-0.2, -0.15) is 5.26 Å². The van der Waals surface area contributed by atoms with Gasteiger partial charge in [0.25, 0.3) is 5.79 Å². The van der Waals surface area contributed by atoms with Crippen LogP contribution < -0.4 is 5.32 Å². The molecule has 6 nitrogen and oxygen atoms in total. The molecule has 21 heavy (non-hydrogen) atoms. The lowest BCUT2D eigenvalue weighted by molar-refractivity contribution is -0.222. The summed E-state index contributed by atoms with van der Waals surface area (Å²) in [5, 5.41) is 12.0. The summed E-state index contributed by atoms with van der Waals surface area (Å²) < 4.78 is 9.95. The van der Waals surface area contributed by atoms with Crippen LogP contribution in [-0.2, 0) is 19.1 Å². The Morgan fingerprint density at radius 3 is 2.29 bits per heavy atom. The van der Waals surface area contributed by atoms with Crippen LogP contribution in [0.1, 0.15) is 19.4 Å². The third kappa shape index (κ3) is 3.03. The minimum absolute atomic E-state index is 0.199. The van der Waals surface area contributed by atoms with Crippen molar-refractivity contribution in [3.63, 3.8) is 0 Å². The Morgan fingerprint density at radius 1 is 1.19 bits per heavy atom. The van der Waals surface area contributed by atoms with Gasteiger partial charge < -0.3 is 14.8 Å². The van der Waals surface area contributed by atoms with Crippen LogP contribution in [0.2, 0.25) is 0 Å². The molecule has 0 amide bonds. The number of cyclic esters (lactones) is 2. The van der Waals surface area contributed by atoms with Crippen LogP contribution in [0.15, 0.2) is 35.5 Å². The number of allylic oxidation sites excluding steroid dienone is 1. The number of para-hydroxylation sites is 1. The van der Waals surface area contributed by atoms with Gasteiger partial charge in [0.05, 0.1) is 0 Å². The number of esters is 2. The maximum atomic E-state index is 11.9. The molecule has 6 heteroatoms. The normalized spacial score (nSPS) is 16.6. The summed E-state index contributed by atoms with van der Waals surface area (Å²) in [6.45, 7) is 4.73. The lowest BCUT2D eigenvalue weighted by atomic mass is 10.1. The standard InChI is InChI=1S/C15H14N2O4/c1-9-6-4-5-7-10(9)17-11(8-16)12-13(18)20-15(2,3)21-14(12)19/h4-7,17H,1-3H3. The van der Waals surface area contributed by atoms with E-state index in [1.165, 1.54) is 13.8 Å². The van der Waals surface area contributed by atoms with Crippen molar-refractivity contribution in [2.24, 2.45) is 0 Å². The molecule has 1 saturated heterocycles. The highest BCUT2D eigenvalue weighted by molar-refractivity contribution is 6.16. The van der Waals surface area contributed by atoms with Gasteiger partial charge in [0.2, 0.25) is 0 Å². The van der Waals surface area contributed by atoms with Gasteiger partial charge in [-0.3, -0.25) is 0 Å². The SMILES string of the molecule is Cc1ccccc1NC(C#N)=C1C(=O)OC(C)(C)OC1=O. The lowest BCUT2D eigenvalue weighted by Gasteiger charge is -2.30. The molecule has 1 N–H and O–H groups in total. The number of nitrogens with one attached hydrogen (secondary N) is 1. The van der Waals surface area contributed by atoms with Crippen molar-refractivity contribution >= 4 is 17.6 Å². The van der Waals surface area contributed by atoms with Gasteiger partial charge in [0.1, 0.15) is 11.8 Å². The van der Waals surface area contributed by atoms with Gasteiger partial charge in [-0.25, -0.2) is 9.59 Å². The van der Waals surface area contributed by atoms with Gasteiger partial charge >= 0.3 is 11.9 Å². The molecule has 0 unspecified atom stereocenters. The van der Waals surface area contributed by atoms with Crippen molar-refractivity contribution in [1.29, 1.82) is 5.26 Å². The Morgan fingerprint density at radius 2 is 1.76 bits per heavy atom. The van der Waals surface area contributed by atoms with Gasteiger partial charge in [0.15, 0.2) is 5.57 Å². The zero-order valence-corrected chi connectivity index (χ0v) is 11.9. The first-order valence-electron chi connectivity index (χ1n) is 6.28. The number of benzene rings is 1. The Bertz CT molecular complexity index is 661. The Kier molecular flexibility index (Phi) is 3.68. The molecule has 0 saturated carbocycles. The van der Waals surface area contributed by atoms with Crippen molar-refractivity contribution in [2.75, 3.05) is 5.32 Å². The van der Waals surface area contributed by atoms with Crippen LogP contribution in [0, 0.1) is 18.3 Å². The summed E-state index contributed by atoms with van der Waals surface area (Å²) in [6.07, 6.45) is 0. The van der Waals surface area contributed by atoms with E-state index >= 15 is 0 Å². The molecule has 1 aliphatic rings. The average molecular weight is 286 g/mol. The van der Waals surface area contributed by atoms with Crippen molar-refractivity contribution in [1.82, 2.24) is 0 Å². The first-order chi connectivity index (χ1) is 9.84. The summed E-state index contributed by atoms with van der Waals surface area (Å²) >= 11 is 0. The number of ether oxygens (including phenoxy) is 2. The van der Waals surface area contributed by atoms with E-state index in [-0.39, 0.29) is 5.70 Å². The molecule has 0 atom stereocenters. The van der Waals surface area contributed by atoms with Gasteiger partial charge in [0, 0.05) is 19.5 Å². The topological polar surface area (TPSA) is 88.4 Å². The smallest absolute Gasteiger partial charge is 0.351 e. The second kappa shape index (κ2) is 5.29. The highest BCUT2D eigenvalue weighted by Gasteiger charge is 2.41. The molecule has 1 aliphatic heterocycles. The number of hydrogen-bond acceptors (Lipinski definition) is 6. The summed E-state index contributed by atoms with van der Waals surface area (Å²) in [6, 6.07) is 8.98. The van der Waals surface area contributed by atoms with Gasteiger partial charge in [-0.05, 0) is 18.6 Å². The van der Waals surface area contributed by atoms with E-state index in [0.29, 0.717) is 5.69 Å². The molecule has 0 aromatic heterocycles. The van der Waals surface area contributed by atoms with E-state index in [1.807, 2.05) is 19.1 Å². The van der Waals surface area contributed by atoms with E-state index < -0.39 is 23.3 Å². The third-order valence-electron chi connectivity index (χ3n) is 2.85. The van der Waals surface area contributed by atoms with Crippen molar-refractivity contribution < 1.29 is 19.1 Å². The number of aryl methyl sites for hydroxylation is 1. The fourth-order valence-corrected chi connectivity index (χ4v) is 1.85. The summed E-state index contributed by atoms with van der Waals surface area (Å²) in [5.41, 5.74) is 0.852. The summed E-state index contributed by atoms with van der Waals surface area (Å²) in [5.74, 6) is -3.09. The lowest BCUT2D eigenvalue weighted by Crippen LogP contribution is -2.42. The number of carbonyl (C=O) groups excluding carboxylic acids is 2. The molecule has 1 fully saturated rings. The molecule has 108 valence electrons. The van der Waals surface area contributed by atoms with E-state index in [2.05, 4.69) is 5.32 Å². The molecule has 0 aliphatic carbocycles. The second-order valence-corrected chi connectivity index (χ2v) is 4.98. The number of carbonyl (C=O) groups is 2. The number of hydrogen-bond donors (Lipinski definition) is 1. The molecule has 1 aromatic rings. The zero-order valence-electron chi connectivity index (χ0n) is 11.9. The van der Waals surface area contributed by atoms with Crippen molar-refractivity contribution in [3.8, 4) is 6.07 Å². The number of nitriles is 1. The minimum atomic E-state index is -1.33. The van der Waals surface area contributed by atoms with Crippen molar-refractivity contribution in [3.05, 3.63) is 41.1 Å². The summed E-state index contributed by atoms with van der Waals surface area (Å²) in [7, 11) is 0. The monoisotopic (exact) mass is 286 g/mol. The maximum absolute atomic E-state index is 11.9. The average Bonchev–Trinajstić information content (AvgIpc) is 2.37. The van der Waals surface area contributed by atoms with E-state index in [0.717, 1.165) is 5.56 Å². The van der Waals surface area contributed by atoms with E-state index in [1.54, 1.807) is 18.2 Å². The molecular weight excluding hydrogens is 272 g/mol. The first-order valence-corrected chi connectivity index (χ1v) is 6.28. The zero-order chi connectivity index (χ0) is 15.6. The predicted molar refractivity (Wildman–Crippen MR) is 73.7 cm³/mol. The second-order valence-electron chi connectivity index (χ2n) is 4.98. The van der Waals surface area contributed by atoms with Gasteiger partial charge in [-0.1, -0.05) is 18.2 Å². The number of nitrogens with zero attached hydrogens (tertiary/aromatic N) is 1. The fraction of sp³-hybridized carbons (Fsp3) is 0.267. The van der Waals surface area contributed by atoms with Gasteiger partial charge in [-0.15, -0.1) is 0 Å². The first kappa shape index (κ1) is 14.6. The quantitative estimate of drug-likeness (QED) is 0.387. The van der Waals surface area contributed by atoms with E-state index in [9.17, 15) is 14.9 Å². The molecule has 0 radical (unpaired) electrons. The Balaban J connectivity index is 2.40.